The molecule has 0 amide bonds. The Morgan fingerprint density at radius 3 is 2.74 bits per heavy atom. The zero-order valence-electron chi connectivity index (χ0n) is 15.1. The van der Waals surface area contributed by atoms with Crippen LogP contribution in [0.25, 0.3) is 0 Å². The maximum absolute atomic E-state index is 14.2. The van der Waals surface area contributed by atoms with Gasteiger partial charge in [0.25, 0.3) is 0 Å². The van der Waals surface area contributed by atoms with Crippen LogP contribution in [0, 0.1) is 11.7 Å². The fourth-order valence-electron chi connectivity index (χ4n) is 3.92. The summed E-state index contributed by atoms with van der Waals surface area (Å²) >= 11 is 5.83. The van der Waals surface area contributed by atoms with Crippen LogP contribution in [0.2, 0.25) is 5.02 Å². The molecule has 0 N–H and O–H groups in total. The summed E-state index contributed by atoms with van der Waals surface area (Å²) in [6, 6.07) is 8.50. The van der Waals surface area contributed by atoms with Crippen molar-refractivity contribution in [2.24, 2.45) is 5.92 Å². The summed E-state index contributed by atoms with van der Waals surface area (Å²) < 4.78 is 25.1. The number of methoxy groups -OCH3 is 1. The summed E-state index contributed by atoms with van der Waals surface area (Å²) in [7, 11) is 1.62. The molecule has 1 aliphatic carbocycles. The van der Waals surface area contributed by atoms with Crippen molar-refractivity contribution in [2.45, 2.75) is 12.8 Å². The lowest BCUT2D eigenvalue weighted by Gasteiger charge is -2.30. The van der Waals surface area contributed by atoms with E-state index in [-0.39, 0.29) is 17.5 Å². The minimum Gasteiger partial charge on any atom is -0.495 e. The van der Waals surface area contributed by atoms with Crippen molar-refractivity contribution in [2.75, 3.05) is 38.3 Å². The SMILES string of the molecule is COc1cc2c(cc1N1CCOCC1)CC(Cc1ccc(Cl)cc1F)C2=O. The summed E-state index contributed by atoms with van der Waals surface area (Å²) in [5.41, 5.74) is 3.20. The average Bonchev–Trinajstić information content (AvgIpc) is 2.98. The van der Waals surface area contributed by atoms with Crippen LogP contribution in [0.3, 0.4) is 0 Å². The number of hydrogen-bond donors (Lipinski definition) is 0. The highest BCUT2D eigenvalue weighted by Gasteiger charge is 2.33. The molecular formula is C21H21ClFNO3. The molecule has 0 radical (unpaired) electrons. The van der Waals surface area contributed by atoms with Crippen molar-refractivity contribution in [1.82, 2.24) is 0 Å². The van der Waals surface area contributed by atoms with Gasteiger partial charge in [0.2, 0.25) is 0 Å². The fourth-order valence-corrected chi connectivity index (χ4v) is 4.08. The van der Waals surface area contributed by atoms with Crippen LogP contribution in [0.1, 0.15) is 21.5 Å². The van der Waals surface area contributed by atoms with Crippen molar-refractivity contribution >= 4 is 23.1 Å². The number of fused-ring (bicyclic) bond motifs is 1. The van der Waals surface area contributed by atoms with E-state index in [1.807, 2.05) is 6.07 Å². The smallest absolute Gasteiger partial charge is 0.167 e. The highest BCUT2D eigenvalue weighted by atomic mass is 35.5. The van der Waals surface area contributed by atoms with E-state index in [0.717, 1.165) is 24.3 Å². The highest BCUT2D eigenvalue weighted by Crippen LogP contribution is 2.38. The average molecular weight is 390 g/mol. The minimum atomic E-state index is -0.363. The maximum Gasteiger partial charge on any atom is 0.167 e. The van der Waals surface area contributed by atoms with E-state index in [4.69, 9.17) is 21.1 Å². The predicted octanol–water partition coefficient (Wildman–Crippen LogP) is 3.92. The van der Waals surface area contributed by atoms with Crippen LogP contribution in [-0.4, -0.2) is 39.2 Å². The molecule has 6 heteroatoms. The van der Waals surface area contributed by atoms with Crippen LogP contribution in [0.4, 0.5) is 10.1 Å². The van der Waals surface area contributed by atoms with E-state index < -0.39 is 0 Å². The molecule has 0 bridgehead atoms. The van der Waals surface area contributed by atoms with Crippen LogP contribution in [-0.2, 0) is 17.6 Å². The van der Waals surface area contributed by atoms with Gasteiger partial charge >= 0.3 is 0 Å². The Labute approximate surface area is 162 Å². The predicted molar refractivity (Wildman–Crippen MR) is 103 cm³/mol. The lowest BCUT2D eigenvalue weighted by molar-refractivity contribution is 0.0935. The molecule has 1 aliphatic heterocycles. The standard InChI is InChI=1S/C21H21ClFNO3/c1-26-20-12-17-14(10-19(20)24-4-6-27-7-5-24)9-15(21(17)25)8-13-2-3-16(22)11-18(13)23/h2-3,10-12,15H,4-9H2,1H3. The molecule has 2 aromatic rings. The number of nitrogens with zero attached hydrogens (tertiary/aromatic N) is 1. The normalized spacial score (nSPS) is 19.3. The molecule has 1 heterocycles. The molecule has 1 atom stereocenters. The summed E-state index contributed by atoms with van der Waals surface area (Å²) in [5, 5.41) is 0.358. The minimum absolute atomic E-state index is 0.0474. The van der Waals surface area contributed by atoms with Gasteiger partial charge in [0, 0.05) is 29.6 Å². The molecule has 27 heavy (non-hydrogen) atoms. The Kier molecular flexibility index (Phi) is 5.06. The molecule has 1 unspecified atom stereocenters. The topological polar surface area (TPSA) is 38.8 Å². The first-order valence-electron chi connectivity index (χ1n) is 9.08. The van der Waals surface area contributed by atoms with Crippen molar-refractivity contribution in [3.63, 3.8) is 0 Å². The van der Waals surface area contributed by atoms with Crippen LogP contribution >= 0.6 is 11.6 Å². The summed E-state index contributed by atoms with van der Waals surface area (Å²) in [5.74, 6) is 0.117. The molecule has 0 spiro atoms. The number of rotatable bonds is 4. The molecule has 2 aromatic carbocycles. The van der Waals surface area contributed by atoms with E-state index in [2.05, 4.69) is 11.0 Å². The first-order chi connectivity index (χ1) is 13.1. The number of carbonyl (C=O) groups is 1. The number of Topliss-reactive ketones (excluding diaryl/α,β-unsaturated/α-hetero) is 1. The van der Waals surface area contributed by atoms with Gasteiger partial charge in [-0.15, -0.1) is 0 Å². The fraction of sp³-hybridized carbons (Fsp3) is 0.381. The van der Waals surface area contributed by atoms with Gasteiger partial charge < -0.3 is 14.4 Å². The van der Waals surface area contributed by atoms with Gasteiger partial charge in [-0.05, 0) is 48.2 Å². The summed E-state index contributed by atoms with van der Waals surface area (Å²) in [4.78, 5) is 15.1. The molecule has 142 valence electrons. The lowest BCUT2D eigenvalue weighted by Crippen LogP contribution is -2.36. The van der Waals surface area contributed by atoms with E-state index >= 15 is 0 Å². The number of morpholine rings is 1. The number of halogens is 2. The molecule has 0 saturated carbocycles. The zero-order valence-corrected chi connectivity index (χ0v) is 15.9. The third-order valence-electron chi connectivity index (χ3n) is 5.34. The molecule has 0 aromatic heterocycles. The van der Waals surface area contributed by atoms with E-state index in [0.29, 0.717) is 48.0 Å². The van der Waals surface area contributed by atoms with Gasteiger partial charge in [-0.2, -0.15) is 0 Å². The second-order valence-corrected chi connectivity index (χ2v) is 7.42. The monoisotopic (exact) mass is 389 g/mol. The van der Waals surface area contributed by atoms with Gasteiger partial charge in [0.1, 0.15) is 11.6 Å². The number of anilines is 1. The number of ketones is 1. The molecular weight excluding hydrogens is 369 g/mol. The third-order valence-corrected chi connectivity index (χ3v) is 5.58. The van der Waals surface area contributed by atoms with E-state index in [1.54, 1.807) is 19.2 Å². The number of carbonyl (C=O) groups excluding carboxylic acids is 1. The van der Waals surface area contributed by atoms with Crippen molar-refractivity contribution < 1.29 is 18.7 Å². The first kappa shape index (κ1) is 18.3. The zero-order chi connectivity index (χ0) is 19.0. The number of ether oxygens (including phenoxy) is 2. The van der Waals surface area contributed by atoms with Crippen molar-refractivity contribution in [1.29, 1.82) is 0 Å². The number of hydrogen-bond acceptors (Lipinski definition) is 4. The molecule has 1 fully saturated rings. The van der Waals surface area contributed by atoms with Gasteiger partial charge in [-0.3, -0.25) is 4.79 Å². The number of benzene rings is 2. The second-order valence-electron chi connectivity index (χ2n) is 6.99. The largest absolute Gasteiger partial charge is 0.495 e. The van der Waals surface area contributed by atoms with Crippen LogP contribution in [0.5, 0.6) is 5.75 Å². The Balaban J connectivity index is 1.61. The van der Waals surface area contributed by atoms with Crippen LogP contribution < -0.4 is 9.64 Å². The van der Waals surface area contributed by atoms with Crippen molar-refractivity contribution in [3.05, 3.63) is 57.9 Å². The Morgan fingerprint density at radius 2 is 2.04 bits per heavy atom. The Hall–Kier alpha value is -2.11. The van der Waals surface area contributed by atoms with Gasteiger partial charge in [0.15, 0.2) is 5.78 Å². The third kappa shape index (κ3) is 3.54. The van der Waals surface area contributed by atoms with Crippen LogP contribution in [0.15, 0.2) is 30.3 Å². The van der Waals surface area contributed by atoms with E-state index in [1.165, 1.54) is 6.07 Å². The quantitative estimate of drug-likeness (QED) is 0.794. The van der Waals surface area contributed by atoms with Gasteiger partial charge in [-0.1, -0.05) is 17.7 Å². The molecule has 4 nitrogen and oxygen atoms in total. The van der Waals surface area contributed by atoms with E-state index in [9.17, 15) is 9.18 Å². The molecule has 2 aliphatic rings. The molecule has 1 saturated heterocycles. The first-order valence-corrected chi connectivity index (χ1v) is 9.46. The summed E-state index contributed by atoms with van der Waals surface area (Å²) in [6.45, 7) is 2.94. The maximum atomic E-state index is 14.2. The van der Waals surface area contributed by atoms with Crippen molar-refractivity contribution in [3.8, 4) is 5.75 Å². The highest BCUT2D eigenvalue weighted by molar-refractivity contribution is 6.30. The summed E-state index contributed by atoms with van der Waals surface area (Å²) in [6.07, 6.45) is 0.975. The lowest BCUT2D eigenvalue weighted by atomic mass is 9.95. The Morgan fingerprint density at radius 1 is 1.26 bits per heavy atom. The Bertz CT molecular complexity index is 880. The van der Waals surface area contributed by atoms with Gasteiger partial charge in [-0.25, -0.2) is 4.39 Å². The molecule has 4 rings (SSSR count). The second kappa shape index (κ2) is 7.49. The van der Waals surface area contributed by atoms with Gasteiger partial charge in [0.05, 0.1) is 26.0 Å².